The lowest BCUT2D eigenvalue weighted by Crippen LogP contribution is -2.04. The molecule has 0 aliphatic carbocycles. The molecule has 0 bridgehead atoms. The molecule has 0 unspecified atom stereocenters. The number of methoxy groups -OCH3 is 1. The highest BCUT2D eigenvalue weighted by molar-refractivity contribution is 5.90. The lowest BCUT2D eigenvalue weighted by atomic mass is 10.2. The monoisotopic (exact) mass is 253 g/mol. The summed E-state index contributed by atoms with van der Waals surface area (Å²) in [4.78, 5) is 21.5. The van der Waals surface area contributed by atoms with Crippen molar-refractivity contribution in [2.75, 3.05) is 13.7 Å². The highest BCUT2D eigenvalue weighted by Crippen LogP contribution is 2.23. The van der Waals surface area contributed by atoms with Gasteiger partial charge in [-0.1, -0.05) is 13.3 Å². The summed E-state index contributed by atoms with van der Waals surface area (Å²) in [5.41, 5.74) is -0.0809. The maximum Gasteiger partial charge on any atom is 0.338 e. The van der Waals surface area contributed by atoms with E-state index in [2.05, 4.69) is 4.74 Å². The van der Waals surface area contributed by atoms with Gasteiger partial charge in [-0.2, -0.15) is 0 Å². The number of esters is 1. The van der Waals surface area contributed by atoms with Gasteiger partial charge in [-0.25, -0.2) is 4.79 Å². The zero-order chi connectivity index (χ0) is 13.5. The van der Waals surface area contributed by atoms with Crippen molar-refractivity contribution < 1.29 is 19.2 Å². The van der Waals surface area contributed by atoms with E-state index in [1.807, 2.05) is 6.92 Å². The predicted molar refractivity (Wildman–Crippen MR) is 64.8 cm³/mol. The number of ether oxygens (including phenoxy) is 2. The van der Waals surface area contributed by atoms with Crippen LogP contribution in [-0.2, 0) is 4.74 Å². The smallest absolute Gasteiger partial charge is 0.338 e. The number of non-ortho nitro benzene ring substituents is 1. The molecule has 1 aromatic carbocycles. The highest BCUT2D eigenvalue weighted by atomic mass is 16.6. The van der Waals surface area contributed by atoms with E-state index < -0.39 is 10.9 Å². The minimum Gasteiger partial charge on any atom is -0.493 e. The van der Waals surface area contributed by atoms with Gasteiger partial charge >= 0.3 is 5.97 Å². The molecule has 0 aliphatic heterocycles. The molecule has 0 fully saturated rings. The van der Waals surface area contributed by atoms with Crippen molar-refractivity contribution in [3.8, 4) is 5.75 Å². The second-order valence-electron chi connectivity index (χ2n) is 3.67. The van der Waals surface area contributed by atoms with Crippen LogP contribution >= 0.6 is 0 Å². The van der Waals surface area contributed by atoms with E-state index in [1.54, 1.807) is 0 Å². The molecule has 0 saturated carbocycles. The molecule has 6 heteroatoms. The number of carbonyl (C=O) groups is 1. The number of rotatable bonds is 6. The SMILES string of the molecule is CCCCOc1cc(C(=O)OC)cc([N+](=O)[O-])c1. The first kappa shape index (κ1) is 14.0. The first-order valence-corrected chi connectivity index (χ1v) is 5.59. The van der Waals surface area contributed by atoms with Crippen molar-refractivity contribution in [2.45, 2.75) is 19.8 Å². The Hall–Kier alpha value is -2.11. The van der Waals surface area contributed by atoms with Crippen molar-refractivity contribution >= 4 is 11.7 Å². The van der Waals surface area contributed by atoms with Crippen molar-refractivity contribution in [1.82, 2.24) is 0 Å². The normalized spacial score (nSPS) is 9.89. The van der Waals surface area contributed by atoms with Crippen LogP contribution in [0.3, 0.4) is 0 Å². The van der Waals surface area contributed by atoms with Crippen LogP contribution in [0.4, 0.5) is 5.69 Å². The summed E-state index contributed by atoms with van der Waals surface area (Å²) < 4.78 is 9.89. The van der Waals surface area contributed by atoms with Gasteiger partial charge in [-0.15, -0.1) is 0 Å². The van der Waals surface area contributed by atoms with E-state index in [1.165, 1.54) is 25.3 Å². The van der Waals surface area contributed by atoms with Crippen LogP contribution in [0.25, 0.3) is 0 Å². The number of nitro groups is 1. The quantitative estimate of drug-likeness (QED) is 0.337. The Morgan fingerprint density at radius 1 is 1.39 bits per heavy atom. The lowest BCUT2D eigenvalue weighted by Gasteiger charge is -2.07. The molecule has 98 valence electrons. The molecular formula is C12H15NO5. The Bertz CT molecular complexity index is 444. The highest BCUT2D eigenvalue weighted by Gasteiger charge is 2.15. The van der Waals surface area contributed by atoms with Gasteiger partial charge in [0.05, 0.1) is 30.3 Å². The average molecular weight is 253 g/mol. The van der Waals surface area contributed by atoms with Crippen LogP contribution in [0.15, 0.2) is 18.2 Å². The molecule has 0 radical (unpaired) electrons. The van der Waals surface area contributed by atoms with Crippen molar-refractivity contribution in [3.63, 3.8) is 0 Å². The third-order valence-electron chi connectivity index (χ3n) is 2.29. The molecule has 0 atom stereocenters. The van der Waals surface area contributed by atoms with Gasteiger partial charge in [-0.3, -0.25) is 10.1 Å². The third-order valence-corrected chi connectivity index (χ3v) is 2.29. The molecule has 6 nitrogen and oxygen atoms in total. The maximum atomic E-state index is 11.4. The van der Waals surface area contributed by atoms with E-state index in [-0.39, 0.29) is 11.3 Å². The van der Waals surface area contributed by atoms with Gasteiger partial charge < -0.3 is 9.47 Å². The maximum absolute atomic E-state index is 11.4. The predicted octanol–water partition coefficient (Wildman–Crippen LogP) is 2.56. The molecule has 1 aromatic rings. The fourth-order valence-corrected chi connectivity index (χ4v) is 1.34. The first-order chi connectivity index (χ1) is 8.58. The standard InChI is InChI=1S/C12H15NO5/c1-3-4-5-18-11-7-9(12(14)17-2)6-10(8-11)13(15)16/h6-8H,3-5H2,1-2H3. The fourth-order valence-electron chi connectivity index (χ4n) is 1.34. The summed E-state index contributed by atoms with van der Waals surface area (Å²) in [5.74, 6) is -0.322. The number of carbonyl (C=O) groups excluding carboxylic acids is 1. The number of nitro benzene ring substituents is 1. The number of nitrogens with zero attached hydrogens (tertiary/aromatic N) is 1. The Labute approximate surface area is 105 Å². The van der Waals surface area contributed by atoms with Crippen molar-refractivity contribution in [3.05, 3.63) is 33.9 Å². The number of benzene rings is 1. The second-order valence-corrected chi connectivity index (χ2v) is 3.67. The largest absolute Gasteiger partial charge is 0.493 e. The van der Waals surface area contributed by atoms with Crippen molar-refractivity contribution in [1.29, 1.82) is 0 Å². The number of unbranched alkanes of at least 4 members (excludes halogenated alkanes) is 1. The Morgan fingerprint density at radius 2 is 2.11 bits per heavy atom. The summed E-state index contributed by atoms with van der Waals surface area (Å²) in [5, 5.41) is 10.7. The van der Waals surface area contributed by atoms with Crippen LogP contribution in [0.5, 0.6) is 5.75 Å². The van der Waals surface area contributed by atoms with E-state index in [4.69, 9.17) is 4.74 Å². The third kappa shape index (κ3) is 3.73. The topological polar surface area (TPSA) is 78.7 Å². The molecule has 1 rings (SSSR count). The molecule has 18 heavy (non-hydrogen) atoms. The molecule has 0 aromatic heterocycles. The number of hydrogen-bond donors (Lipinski definition) is 0. The van der Waals surface area contributed by atoms with Gasteiger partial charge in [0.1, 0.15) is 5.75 Å². The average Bonchev–Trinajstić information content (AvgIpc) is 2.37. The van der Waals surface area contributed by atoms with Crippen LogP contribution < -0.4 is 4.74 Å². The summed E-state index contributed by atoms with van der Waals surface area (Å²) in [6, 6.07) is 3.90. The minimum absolute atomic E-state index is 0.109. The van der Waals surface area contributed by atoms with Gasteiger partial charge in [0, 0.05) is 6.07 Å². The molecule has 0 spiro atoms. The van der Waals surface area contributed by atoms with Crippen LogP contribution in [0.1, 0.15) is 30.1 Å². The van der Waals surface area contributed by atoms with E-state index >= 15 is 0 Å². The summed E-state index contributed by atoms with van der Waals surface area (Å²) in [6.45, 7) is 2.47. The van der Waals surface area contributed by atoms with E-state index in [9.17, 15) is 14.9 Å². The molecule has 0 N–H and O–H groups in total. The fraction of sp³-hybridized carbons (Fsp3) is 0.417. The summed E-state index contributed by atoms with van der Waals surface area (Å²) >= 11 is 0. The zero-order valence-corrected chi connectivity index (χ0v) is 10.3. The molecular weight excluding hydrogens is 238 g/mol. The van der Waals surface area contributed by atoms with Gasteiger partial charge in [-0.05, 0) is 12.5 Å². The van der Waals surface area contributed by atoms with Crippen LogP contribution in [0, 0.1) is 10.1 Å². The summed E-state index contributed by atoms with van der Waals surface area (Å²) in [6.07, 6.45) is 1.80. The van der Waals surface area contributed by atoms with Gasteiger partial charge in [0.25, 0.3) is 5.69 Å². The molecule has 0 saturated heterocycles. The Morgan fingerprint density at radius 3 is 2.67 bits per heavy atom. The van der Waals surface area contributed by atoms with Crippen LogP contribution in [0.2, 0.25) is 0 Å². The zero-order valence-electron chi connectivity index (χ0n) is 10.3. The van der Waals surface area contributed by atoms with Crippen molar-refractivity contribution in [2.24, 2.45) is 0 Å². The Balaban J connectivity index is 2.98. The number of hydrogen-bond acceptors (Lipinski definition) is 5. The van der Waals surface area contributed by atoms with E-state index in [0.29, 0.717) is 12.4 Å². The second kappa shape index (κ2) is 6.58. The Kier molecular flexibility index (Phi) is 5.10. The van der Waals surface area contributed by atoms with Gasteiger partial charge in [0.2, 0.25) is 0 Å². The minimum atomic E-state index is -0.626. The van der Waals surface area contributed by atoms with Gasteiger partial charge in [0.15, 0.2) is 0 Å². The molecule has 0 amide bonds. The van der Waals surface area contributed by atoms with Crippen LogP contribution in [-0.4, -0.2) is 24.6 Å². The lowest BCUT2D eigenvalue weighted by molar-refractivity contribution is -0.385. The van der Waals surface area contributed by atoms with E-state index in [0.717, 1.165) is 12.8 Å². The first-order valence-electron chi connectivity index (χ1n) is 5.59. The molecule has 0 heterocycles. The summed E-state index contributed by atoms with van der Waals surface area (Å²) in [7, 11) is 1.22. The molecule has 0 aliphatic rings.